The highest BCUT2D eigenvalue weighted by Gasteiger charge is 2.22. The van der Waals surface area contributed by atoms with Crippen molar-refractivity contribution in [1.82, 2.24) is 0 Å². The molecule has 0 bridgehead atoms. The summed E-state index contributed by atoms with van der Waals surface area (Å²) in [5, 5.41) is 0.583. The molecular weight excluding hydrogens is 188 g/mol. The molecule has 0 spiro atoms. The van der Waals surface area contributed by atoms with Gasteiger partial charge in [-0.25, -0.2) is 0 Å². The highest BCUT2D eigenvalue weighted by molar-refractivity contribution is 6.32. The van der Waals surface area contributed by atoms with Crippen molar-refractivity contribution in [2.45, 2.75) is 12.5 Å². The van der Waals surface area contributed by atoms with Crippen LogP contribution in [0.4, 0.5) is 5.69 Å². The largest absolute Gasteiger partial charge is 0.492 e. The van der Waals surface area contributed by atoms with E-state index in [1.165, 1.54) is 0 Å². The smallest absolute Gasteiger partial charge is 0.144 e. The van der Waals surface area contributed by atoms with Crippen LogP contribution >= 0.6 is 11.6 Å². The first-order valence-electron chi connectivity index (χ1n) is 4.16. The molecule has 1 aromatic rings. The quantitative estimate of drug-likeness (QED) is 0.624. The highest BCUT2D eigenvalue weighted by Crippen LogP contribution is 2.39. The number of ether oxygens (including phenoxy) is 1. The second-order valence-corrected chi connectivity index (χ2v) is 3.53. The fourth-order valence-corrected chi connectivity index (χ4v) is 1.77. The SMILES string of the molecule is Nc1ccc(Cl)c2c1[C@H](N)CCO2. The van der Waals surface area contributed by atoms with Gasteiger partial charge in [-0.1, -0.05) is 11.6 Å². The van der Waals surface area contributed by atoms with Gasteiger partial charge in [0.25, 0.3) is 0 Å². The number of rotatable bonds is 0. The molecule has 0 radical (unpaired) electrons. The summed E-state index contributed by atoms with van der Waals surface area (Å²) in [4.78, 5) is 0. The van der Waals surface area contributed by atoms with Crippen LogP contribution in [0, 0.1) is 0 Å². The first kappa shape index (κ1) is 8.66. The minimum atomic E-state index is -0.0533. The minimum absolute atomic E-state index is 0.0533. The number of halogens is 1. The first-order valence-corrected chi connectivity index (χ1v) is 4.54. The predicted octanol–water partition coefficient (Wildman–Crippen LogP) is 1.70. The molecule has 1 heterocycles. The Bertz CT molecular complexity index is 341. The Kier molecular flexibility index (Phi) is 2.06. The predicted molar refractivity (Wildman–Crippen MR) is 52.9 cm³/mol. The van der Waals surface area contributed by atoms with E-state index in [0.717, 1.165) is 12.0 Å². The van der Waals surface area contributed by atoms with Gasteiger partial charge in [0.1, 0.15) is 5.75 Å². The molecule has 0 aromatic heterocycles. The van der Waals surface area contributed by atoms with Crippen molar-refractivity contribution in [3.05, 3.63) is 22.7 Å². The molecule has 0 aliphatic carbocycles. The first-order chi connectivity index (χ1) is 6.20. The molecule has 1 atom stereocenters. The zero-order valence-electron chi connectivity index (χ0n) is 7.09. The number of benzene rings is 1. The van der Waals surface area contributed by atoms with Gasteiger partial charge < -0.3 is 16.2 Å². The lowest BCUT2D eigenvalue weighted by Gasteiger charge is -2.25. The number of hydrogen-bond acceptors (Lipinski definition) is 3. The summed E-state index contributed by atoms with van der Waals surface area (Å²) in [6.45, 7) is 0.608. The molecule has 4 N–H and O–H groups in total. The molecule has 13 heavy (non-hydrogen) atoms. The van der Waals surface area contributed by atoms with Gasteiger partial charge in [-0.2, -0.15) is 0 Å². The van der Waals surface area contributed by atoms with Crippen LogP contribution in [0.1, 0.15) is 18.0 Å². The van der Waals surface area contributed by atoms with Crippen molar-refractivity contribution in [3.8, 4) is 5.75 Å². The molecule has 4 heteroatoms. The third-order valence-corrected chi connectivity index (χ3v) is 2.53. The van der Waals surface area contributed by atoms with Gasteiger partial charge >= 0.3 is 0 Å². The van der Waals surface area contributed by atoms with E-state index in [2.05, 4.69) is 0 Å². The van der Waals surface area contributed by atoms with E-state index in [1.807, 2.05) is 0 Å². The Hall–Kier alpha value is -0.930. The molecule has 0 fully saturated rings. The lowest BCUT2D eigenvalue weighted by molar-refractivity contribution is 0.270. The zero-order valence-corrected chi connectivity index (χ0v) is 7.84. The van der Waals surface area contributed by atoms with Crippen LogP contribution < -0.4 is 16.2 Å². The number of nitrogens with two attached hydrogens (primary N) is 2. The number of nitrogen functional groups attached to an aromatic ring is 1. The molecule has 1 aliphatic rings. The van der Waals surface area contributed by atoms with E-state index in [0.29, 0.717) is 23.1 Å². The van der Waals surface area contributed by atoms with Gasteiger partial charge in [-0.3, -0.25) is 0 Å². The van der Waals surface area contributed by atoms with Crippen LogP contribution in [0.5, 0.6) is 5.75 Å². The van der Waals surface area contributed by atoms with Crippen LogP contribution in [0.15, 0.2) is 12.1 Å². The normalized spacial score (nSPS) is 20.6. The molecule has 0 amide bonds. The van der Waals surface area contributed by atoms with Crippen molar-refractivity contribution >= 4 is 17.3 Å². The fraction of sp³-hybridized carbons (Fsp3) is 0.333. The average Bonchev–Trinajstić information content (AvgIpc) is 2.12. The van der Waals surface area contributed by atoms with E-state index in [1.54, 1.807) is 12.1 Å². The monoisotopic (exact) mass is 198 g/mol. The van der Waals surface area contributed by atoms with E-state index in [-0.39, 0.29) is 6.04 Å². The van der Waals surface area contributed by atoms with Gasteiger partial charge in [0, 0.05) is 23.7 Å². The summed E-state index contributed by atoms with van der Waals surface area (Å²) in [6, 6.07) is 3.44. The van der Waals surface area contributed by atoms with E-state index >= 15 is 0 Å². The van der Waals surface area contributed by atoms with E-state index in [4.69, 9.17) is 27.8 Å². The molecule has 0 unspecified atom stereocenters. The van der Waals surface area contributed by atoms with Crippen molar-refractivity contribution in [1.29, 1.82) is 0 Å². The van der Waals surface area contributed by atoms with Gasteiger partial charge in [0.15, 0.2) is 0 Å². The van der Waals surface area contributed by atoms with Crippen LogP contribution in [0.2, 0.25) is 5.02 Å². The number of anilines is 1. The molecule has 0 saturated carbocycles. The van der Waals surface area contributed by atoms with Crippen molar-refractivity contribution < 1.29 is 4.74 Å². The molecule has 1 aliphatic heterocycles. The van der Waals surface area contributed by atoms with Gasteiger partial charge in [0.05, 0.1) is 11.6 Å². The Balaban J connectivity index is 2.60. The summed E-state index contributed by atoms with van der Waals surface area (Å²) in [6.07, 6.45) is 0.789. The Morgan fingerprint density at radius 1 is 1.46 bits per heavy atom. The van der Waals surface area contributed by atoms with Crippen LogP contribution in [-0.4, -0.2) is 6.61 Å². The maximum absolute atomic E-state index is 5.94. The maximum atomic E-state index is 5.94. The Morgan fingerprint density at radius 3 is 2.92 bits per heavy atom. The Morgan fingerprint density at radius 2 is 2.23 bits per heavy atom. The second kappa shape index (κ2) is 3.09. The molecule has 2 rings (SSSR count). The topological polar surface area (TPSA) is 61.3 Å². The highest BCUT2D eigenvalue weighted by atomic mass is 35.5. The van der Waals surface area contributed by atoms with Crippen molar-refractivity contribution in [2.24, 2.45) is 5.73 Å². The number of fused-ring (bicyclic) bond motifs is 1. The summed E-state index contributed by atoms with van der Waals surface area (Å²) in [7, 11) is 0. The minimum Gasteiger partial charge on any atom is -0.492 e. The lowest BCUT2D eigenvalue weighted by atomic mass is 10.00. The van der Waals surface area contributed by atoms with E-state index in [9.17, 15) is 0 Å². The molecule has 3 nitrogen and oxygen atoms in total. The molecule has 0 saturated heterocycles. The summed E-state index contributed by atoms with van der Waals surface area (Å²) >= 11 is 5.94. The summed E-state index contributed by atoms with van der Waals surface area (Å²) in [5.41, 5.74) is 13.2. The third kappa shape index (κ3) is 1.34. The lowest BCUT2D eigenvalue weighted by Crippen LogP contribution is -2.22. The van der Waals surface area contributed by atoms with Gasteiger partial charge in [-0.15, -0.1) is 0 Å². The molecule has 70 valence electrons. The van der Waals surface area contributed by atoms with Gasteiger partial charge in [-0.05, 0) is 12.1 Å². The van der Waals surface area contributed by atoms with E-state index < -0.39 is 0 Å². The molecular formula is C9H11ClN2O. The van der Waals surface area contributed by atoms with Crippen LogP contribution in [0.25, 0.3) is 0 Å². The zero-order chi connectivity index (χ0) is 9.42. The van der Waals surface area contributed by atoms with Crippen molar-refractivity contribution in [2.75, 3.05) is 12.3 Å². The number of hydrogen-bond donors (Lipinski definition) is 2. The molecule has 1 aromatic carbocycles. The maximum Gasteiger partial charge on any atom is 0.144 e. The second-order valence-electron chi connectivity index (χ2n) is 3.12. The fourth-order valence-electron chi connectivity index (χ4n) is 1.55. The summed E-state index contributed by atoms with van der Waals surface area (Å²) < 4.78 is 5.41. The standard InChI is InChI=1S/C9H11ClN2O/c10-5-1-2-6(11)8-7(12)3-4-13-9(5)8/h1-2,7H,3-4,11-12H2/t7-/m1/s1. The Labute approximate surface area is 81.6 Å². The van der Waals surface area contributed by atoms with Crippen LogP contribution in [-0.2, 0) is 0 Å². The average molecular weight is 199 g/mol. The third-order valence-electron chi connectivity index (χ3n) is 2.23. The van der Waals surface area contributed by atoms with Crippen molar-refractivity contribution in [3.63, 3.8) is 0 Å². The van der Waals surface area contributed by atoms with Gasteiger partial charge in [0.2, 0.25) is 0 Å². The van der Waals surface area contributed by atoms with Crippen LogP contribution in [0.3, 0.4) is 0 Å². The summed E-state index contributed by atoms with van der Waals surface area (Å²) in [5.74, 6) is 0.653.